The summed E-state index contributed by atoms with van der Waals surface area (Å²) in [6.07, 6.45) is -0.307. The van der Waals surface area contributed by atoms with Crippen molar-refractivity contribution in [1.82, 2.24) is 4.90 Å². The molecule has 3 aromatic carbocycles. The van der Waals surface area contributed by atoms with Crippen LogP contribution in [0.5, 0.6) is 5.75 Å². The molecule has 0 bridgehead atoms. The van der Waals surface area contributed by atoms with Crippen molar-refractivity contribution in [3.63, 3.8) is 0 Å². The van der Waals surface area contributed by atoms with Crippen LogP contribution in [0.3, 0.4) is 0 Å². The van der Waals surface area contributed by atoms with Gasteiger partial charge in [-0.05, 0) is 73.2 Å². The van der Waals surface area contributed by atoms with Crippen LogP contribution in [0.4, 0.5) is 20.6 Å². The molecule has 1 heterocycles. The molecule has 1 aliphatic heterocycles. The maximum absolute atomic E-state index is 13.4. The molecule has 1 saturated heterocycles. The molecule has 0 saturated carbocycles. The average molecular weight is 520 g/mol. The summed E-state index contributed by atoms with van der Waals surface area (Å²) in [4.78, 5) is 53.9. The van der Waals surface area contributed by atoms with Gasteiger partial charge in [-0.2, -0.15) is 0 Å². The zero-order valence-electron chi connectivity index (χ0n) is 20.8. The minimum absolute atomic E-state index is 0.00366. The number of anilines is 2. The van der Waals surface area contributed by atoms with Gasteiger partial charge in [0.05, 0.1) is 31.4 Å². The van der Waals surface area contributed by atoms with Gasteiger partial charge >= 0.3 is 12.0 Å². The topological polar surface area (TPSA) is 105 Å². The van der Waals surface area contributed by atoms with Gasteiger partial charge < -0.3 is 19.7 Å². The molecule has 1 N–H and O–H groups in total. The van der Waals surface area contributed by atoms with Gasteiger partial charge in [-0.3, -0.25) is 9.59 Å². The van der Waals surface area contributed by atoms with Crippen molar-refractivity contribution in [2.75, 3.05) is 23.9 Å². The molecule has 1 fully saturated rings. The largest absolute Gasteiger partial charge is 0.497 e. The number of ether oxygens (including phenoxy) is 2. The van der Waals surface area contributed by atoms with E-state index in [1.165, 1.54) is 48.4 Å². The maximum Gasteiger partial charge on any atom is 0.338 e. The molecule has 3 aromatic rings. The lowest BCUT2D eigenvalue weighted by molar-refractivity contribution is -0.124. The maximum atomic E-state index is 13.4. The third-order valence-corrected chi connectivity index (χ3v) is 5.97. The number of benzene rings is 3. The van der Waals surface area contributed by atoms with Gasteiger partial charge in [0.15, 0.2) is 0 Å². The molecule has 196 valence electrons. The van der Waals surface area contributed by atoms with Crippen LogP contribution in [0.1, 0.15) is 29.3 Å². The van der Waals surface area contributed by atoms with Crippen LogP contribution in [0, 0.1) is 5.82 Å². The Kier molecular flexibility index (Phi) is 8.00. The number of nitrogens with one attached hydrogen (secondary N) is 1. The van der Waals surface area contributed by atoms with Gasteiger partial charge in [-0.25, -0.2) is 18.9 Å². The number of halogens is 1. The van der Waals surface area contributed by atoms with Crippen molar-refractivity contribution in [2.45, 2.75) is 25.9 Å². The lowest BCUT2D eigenvalue weighted by Crippen LogP contribution is -2.37. The third-order valence-electron chi connectivity index (χ3n) is 5.97. The lowest BCUT2D eigenvalue weighted by atomic mass is 10.1. The second-order valence-electron chi connectivity index (χ2n) is 8.47. The smallest absolute Gasteiger partial charge is 0.338 e. The molecule has 4 rings (SSSR count). The van der Waals surface area contributed by atoms with Crippen LogP contribution in [0.2, 0.25) is 0 Å². The molecule has 1 atom stereocenters. The summed E-state index contributed by atoms with van der Waals surface area (Å²) < 4.78 is 23.5. The van der Waals surface area contributed by atoms with Crippen LogP contribution in [-0.4, -0.2) is 48.5 Å². The minimum Gasteiger partial charge on any atom is -0.497 e. The Morgan fingerprint density at radius 2 is 1.61 bits per heavy atom. The van der Waals surface area contributed by atoms with E-state index in [0.29, 0.717) is 28.3 Å². The highest BCUT2D eigenvalue weighted by Crippen LogP contribution is 2.30. The first-order valence-corrected chi connectivity index (χ1v) is 11.9. The van der Waals surface area contributed by atoms with Crippen molar-refractivity contribution >= 4 is 35.2 Å². The molecule has 1 aliphatic rings. The molecule has 0 aliphatic carbocycles. The van der Waals surface area contributed by atoms with E-state index in [1.807, 2.05) is 0 Å². The Balaban J connectivity index is 1.54. The zero-order valence-corrected chi connectivity index (χ0v) is 20.8. The number of urea groups is 1. The molecular weight excluding hydrogens is 493 g/mol. The van der Waals surface area contributed by atoms with Crippen LogP contribution in [0.25, 0.3) is 0 Å². The van der Waals surface area contributed by atoms with Crippen LogP contribution < -0.4 is 15.0 Å². The Hall–Kier alpha value is -4.73. The number of carbonyl (C=O) groups is 4. The standard InChI is InChI=1S/C28H26FN3O6/c1-3-38-27(35)19-6-10-21(11-7-19)30-25(33)16-24-26(34)32(22-12-14-23(37-2)15-13-22)28(36)31(24)17-18-4-8-20(29)9-5-18/h4-15,24H,3,16-17H2,1-2H3,(H,30,33)/t24-/m1/s1. The van der Waals surface area contributed by atoms with Gasteiger partial charge in [0.1, 0.15) is 17.6 Å². The lowest BCUT2D eigenvalue weighted by Gasteiger charge is -2.21. The number of amides is 4. The van der Waals surface area contributed by atoms with Crippen molar-refractivity contribution in [3.05, 3.63) is 89.7 Å². The van der Waals surface area contributed by atoms with Gasteiger partial charge in [-0.15, -0.1) is 0 Å². The van der Waals surface area contributed by atoms with E-state index >= 15 is 0 Å². The summed E-state index contributed by atoms with van der Waals surface area (Å²) in [5.41, 5.74) is 1.69. The first-order valence-electron chi connectivity index (χ1n) is 11.9. The monoisotopic (exact) mass is 519 g/mol. The van der Waals surface area contributed by atoms with Gasteiger partial charge in [0, 0.05) is 12.2 Å². The Labute approximate surface area is 218 Å². The van der Waals surface area contributed by atoms with E-state index in [2.05, 4.69) is 5.32 Å². The third kappa shape index (κ3) is 5.80. The van der Waals surface area contributed by atoms with Gasteiger partial charge in [0.25, 0.3) is 5.91 Å². The molecule has 9 nitrogen and oxygen atoms in total. The molecule has 38 heavy (non-hydrogen) atoms. The number of carbonyl (C=O) groups excluding carboxylic acids is 4. The SMILES string of the molecule is CCOC(=O)c1ccc(NC(=O)C[C@@H]2C(=O)N(c3ccc(OC)cc3)C(=O)N2Cc2ccc(F)cc2)cc1. The molecule has 10 heteroatoms. The number of nitrogens with zero attached hydrogens (tertiary/aromatic N) is 2. The molecule has 4 amide bonds. The van der Waals surface area contributed by atoms with E-state index < -0.39 is 35.7 Å². The quantitative estimate of drug-likeness (QED) is 0.332. The number of imide groups is 1. The van der Waals surface area contributed by atoms with Gasteiger partial charge in [0.2, 0.25) is 5.91 Å². The molecule has 0 unspecified atom stereocenters. The summed E-state index contributed by atoms with van der Waals surface area (Å²) in [7, 11) is 1.50. The van der Waals surface area contributed by atoms with Crippen molar-refractivity contribution < 1.29 is 33.0 Å². The van der Waals surface area contributed by atoms with Crippen LogP contribution in [-0.2, 0) is 20.9 Å². The summed E-state index contributed by atoms with van der Waals surface area (Å²) in [5.74, 6) is -1.41. The van der Waals surface area contributed by atoms with Gasteiger partial charge in [-0.1, -0.05) is 12.1 Å². The predicted octanol–water partition coefficient (Wildman–Crippen LogP) is 4.38. The number of esters is 1. The second-order valence-corrected chi connectivity index (χ2v) is 8.47. The normalized spacial score (nSPS) is 15.0. The Morgan fingerprint density at radius 3 is 2.21 bits per heavy atom. The summed E-state index contributed by atoms with van der Waals surface area (Å²) in [6.45, 7) is 1.95. The fraction of sp³-hybridized carbons (Fsp3) is 0.214. The fourth-order valence-electron chi connectivity index (χ4n) is 4.06. The summed E-state index contributed by atoms with van der Waals surface area (Å²) in [5, 5.41) is 2.70. The van der Waals surface area contributed by atoms with E-state index in [1.54, 1.807) is 43.3 Å². The van der Waals surface area contributed by atoms with E-state index in [-0.39, 0.29) is 19.6 Å². The highest BCUT2D eigenvalue weighted by Gasteiger charge is 2.46. The molecule has 0 radical (unpaired) electrons. The summed E-state index contributed by atoms with van der Waals surface area (Å²) in [6, 6.07) is 16.4. The van der Waals surface area contributed by atoms with E-state index in [0.717, 1.165) is 4.90 Å². The summed E-state index contributed by atoms with van der Waals surface area (Å²) >= 11 is 0. The number of methoxy groups -OCH3 is 1. The highest BCUT2D eigenvalue weighted by molar-refractivity contribution is 6.22. The fourth-order valence-corrected chi connectivity index (χ4v) is 4.06. The number of rotatable bonds is 9. The van der Waals surface area contributed by atoms with Crippen molar-refractivity contribution in [1.29, 1.82) is 0 Å². The first kappa shape index (κ1) is 26.3. The van der Waals surface area contributed by atoms with Crippen LogP contribution in [0.15, 0.2) is 72.8 Å². The van der Waals surface area contributed by atoms with Crippen LogP contribution >= 0.6 is 0 Å². The molecule has 0 spiro atoms. The molecular formula is C28H26FN3O6. The second kappa shape index (κ2) is 11.5. The van der Waals surface area contributed by atoms with Crippen molar-refractivity contribution in [3.8, 4) is 5.75 Å². The average Bonchev–Trinajstić information content (AvgIpc) is 3.14. The van der Waals surface area contributed by atoms with Crippen molar-refractivity contribution in [2.24, 2.45) is 0 Å². The minimum atomic E-state index is -1.09. The Bertz CT molecular complexity index is 1330. The number of hydrogen-bond donors (Lipinski definition) is 1. The number of hydrogen-bond acceptors (Lipinski definition) is 6. The highest BCUT2D eigenvalue weighted by atomic mass is 19.1. The van der Waals surface area contributed by atoms with E-state index in [4.69, 9.17) is 9.47 Å². The predicted molar refractivity (Wildman–Crippen MR) is 137 cm³/mol. The Morgan fingerprint density at radius 1 is 0.947 bits per heavy atom. The molecule has 0 aromatic heterocycles. The van der Waals surface area contributed by atoms with E-state index in [9.17, 15) is 23.6 Å². The first-order chi connectivity index (χ1) is 18.3. The zero-order chi connectivity index (χ0) is 27.2.